The quantitative estimate of drug-likeness (QED) is 0.864. The summed E-state index contributed by atoms with van der Waals surface area (Å²) in [6, 6.07) is 7.62. The van der Waals surface area contributed by atoms with Gasteiger partial charge in [0.25, 0.3) is 0 Å². The topological polar surface area (TPSA) is 61.9 Å². The van der Waals surface area contributed by atoms with Crippen LogP contribution in [0.25, 0.3) is 0 Å². The summed E-state index contributed by atoms with van der Waals surface area (Å²) in [5.74, 6) is -0.163. The Labute approximate surface area is 131 Å². The van der Waals surface area contributed by atoms with Crippen LogP contribution in [-0.2, 0) is 9.53 Å². The molecule has 1 aromatic rings. The molecular weight excluding hydrogens is 282 g/mol. The zero-order valence-electron chi connectivity index (χ0n) is 13.3. The SMILES string of the molecule is COCC(C)NC(=O)CN1CCN(c2ccc(C)cc2)C1=O. The van der Waals surface area contributed by atoms with E-state index in [1.807, 2.05) is 38.1 Å². The molecule has 6 heteroatoms. The molecule has 1 atom stereocenters. The van der Waals surface area contributed by atoms with Gasteiger partial charge in [-0.15, -0.1) is 0 Å². The average Bonchev–Trinajstić information content (AvgIpc) is 2.81. The molecule has 120 valence electrons. The number of hydrogen-bond acceptors (Lipinski definition) is 3. The first-order valence-electron chi connectivity index (χ1n) is 7.42. The number of anilines is 1. The van der Waals surface area contributed by atoms with Crippen molar-refractivity contribution in [2.45, 2.75) is 19.9 Å². The van der Waals surface area contributed by atoms with Crippen LogP contribution >= 0.6 is 0 Å². The van der Waals surface area contributed by atoms with Crippen molar-refractivity contribution >= 4 is 17.6 Å². The lowest BCUT2D eigenvalue weighted by Crippen LogP contribution is -2.44. The number of hydrogen-bond donors (Lipinski definition) is 1. The maximum Gasteiger partial charge on any atom is 0.325 e. The Bertz CT molecular complexity index is 530. The highest BCUT2D eigenvalue weighted by Crippen LogP contribution is 2.20. The summed E-state index contributed by atoms with van der Waals surface area (Å²) in [5, 5.41) is 2.81. The van der Waals surface area contributed by atoms with Gasteiger partial charge in [-0.3, -0.25) is 9.69 Å². The third-order valence-corrected chi connectivity index (χ3v) is 3.60. The molecule has 2 rings (SSSR count). The number of benzene rings is 1. The average molecular weight is 305 g/mol. The molecule has 0 radical (unpaired) electrons. The molecule has 1 unspecified atom stereocenters. The summed E-state index contributed by atoms with van der Waals surface area (Å²) in [6.07, 6.45) is 0. The largest absolute Gasteiger partial charge is 0.383 e. The van der Waals surface area contributed by atoms with Crippen LogP contribution in [-0.4, -0.2) is 56.2 Å². The van der Waals surface area contributed by atoms with E-state index in [0.717, 1.165) is 11.3 Å². The molecule has 1 heterocycles. The lowest BCUT2D eigenvalue weighted by atomic mass is 10.2. The fourth-order valence-electron chi connectivity index (χ4n) is 2.48. The van der Waals surface area contributed by atoms with Crippen LogP contribution in [0, 0.1) is 6.92 Å². The van der Waals surface area contributed by atoms with E-state index in [4.69, 9.17) is 4.74 Å². The molecule has 0 aromatic heterocycles. The molecule has 0 saturated carbocycles. The van der Waals surface area contributed by atoms with Crippen molar-refractivity contribution < 1.29 is 14.3 Å². The van der Waals surface area contributed by atoms with E-state index in [1.165, 1.54) is 0 Å². The van der Waals surface area contributed by atoms with Gasteiger partial charge < -0.3 is 15.0 Å². The van der Waals surface area contributed by atoms with Crippen molar-refractivity contribution in [3.63, 3.8) is 0 Å². The van der Waals surface area contributed by atoms with E-state index < -0.39 is 0 Å². The number of carbonyl (C=O) groups excluding carboxylic acids is 2. The molecule has 6 nitrogen and oxygen atoms in total. The molecule has 3 amide bonds. The fraction of sp³-hybridized carbons (Fsp3) is 0.500. The molecule has 0 bridgehead atoms. The van der Waals surface area contributed by atoms with Crippen molar-refractivity contribution in [2.75, 3.05) is 38.3 Å². The Morgan fingerprint density at radius 1 is 1.32 bits per heavy atom. The van der Waals surface area contributed by atoms with Crippen LogP contribution in [0.3, 0.4) is 0 Å². The summed E-state index contributed by atoms with van der Waals surface area (Å²) >= 11 is 0. The highest BCUT2D eigenvalue weighted by Gasteiger charge is 2.30. The lowest BCUT2D eigenvalue weighted by molar-refractivity contribution is -0.122. The molecule has 0 spiro atoms. The molecule has 0 aliphatic carbocycles. The minimum absolute atomic E-state index is 0.0663. The first-order chi connectivity index (χ1) is 10.5. The number of nitrogens with zero attached hydrogens (tertiary/aromatic N) is 2. The van der Waals surface area contributed by atoms with Gasteiger partial charge in [-0.2, -0.15) is 0 Å². The summed E-state index contributed by atoms with van der Waals surface area (Å²) in [5.41, 5.74) is 2.02. The molecule has 22 heavy (non-hydrogen) atoms. The van der Waals surface area contributed by atoms with Crippen LogP contribution in [0.4, 0.5) is 10.5 Å². The van der Waals surface area contributed by atoms with Crippen LogP contribution in [0.5, 0.6) is 0 Å². The fourth-order valence-corrected chi connectivity index (χ4v) is 2.48. The van der Waals surface area contributed by atoms with Crippen LogP contribution in [0.15, 0.2) is 24.3 Å². The maximum atomic E-state index is 12.4. The molecule has 1 aliphatic rings. The van der Waals surface area contributed by atoms with E-state index in [1.54, 1.807) is 16.9 Å². The Morgan fingerprint density at radius 2 is 2.00 bits per heavy atom. The predicted octanol–water partition coefficient (Wildman–Crippen LogP) is 1.39. The lowest BCUT2D eigenvalue weighted by Gasteiger charge is -2.19. The first kappa shape index (κ1) is 16.3. The summed E-state index contributed by atoms with van der Waals surface area (Å²) in [7, 11) is 1.59. The minimum Gasteiger partial charge on any atom is -0.383 e. The van der Waals surface area contributed by atoms with Crippen LogP contribution in [0.1, 0.15) is 12.5 Å². The van der Waals surface area contributed by atoms with Gasteiger partial charge in [0.2, 0.25) is 5.91 Å². The minimum atomic E-state index is -0.163. The van der Waals surface area contributed by atoms with Gasteiger partial charge in [-0.1, -0.05) is 17.7 Å². The Balaban J connectivity index is 1.91. The third-order valence-electron chi connectivity index (χ3n) is 3.60. The normalized spacial score (nSPS) is 16.0. The van der Waals surface area contributed by atoms with Gasteiger partial charge in [0, 0.05) is 31.9 Å². The Kier molecular flexibility index (Phi) is 5.38. The number of amides is 3. The van der Waals surface area contributed by atoms with Gasteiger partial charge in [0.15, 0.2) is 0 Å². The van der Waals surface area contributed by atoms with Crippen molar-refractivity contribution in [3.05, 3.63) is 29.8 Å². The first-order valence-corrected chi connectivity index (χ1v) is 7.42. The predicted molar refractivity (Wildman–Crippen MR) is 85.0 cm³/mol. The molecule has 1 N–H and O–H groups in total. The second-order valence-corrected chi connectivity index (χ2v) is 5.62. The van der Waals surface area contributed by atoms with Gasteiger partial charge in [-0.25, -0.2) is 4.79 Å². The molecule has 1 fully saturated rings. The third kappa shape index (κ3) is 3.98. The van der Waals surface area contributed by atoms with Gasteiger partial charge >= 0.3 is 6.03 Å². The monoisotopic (exact) mass is 305 g/mol. The Morgan fingerprint density at radius 3 is 2.64 bits per heavy atom. The van der Waals surface area contributed by atoms with E-state index in [-0.39, 0.29) is 24.5 Å². The van der Waals surface area contributed by atoms with E-state index in [9.17, 15) is 9.59 Å². The molecular formula is C16H23N3O3. The van der Waals surface area contributed by atoms with Crippen LogP contribution < -0.4 is 10.2 Å². The molecule has 1 aliphatic heterocycles. The summed E-state index contributed by atoms with van der Waals surface area (Å²) in [4.78, 5) is 27.6. The molecule has 1 aromatic carbocycles. The van der Waals surface area contributed by atoms with Crippen molar-refractivity contribution in [2.24, 2.45) is 0 Å². The number of carbonyl (C=O) groups is 2. The zero-order chi connectivity index (χ0) is 16.1. The Hall–Kier alpha value is -2.08. The van der Waals surface area contributed by atoms with Gasteiger partial charge in [-0.05, 0) is 26.0 Å². The standard InChI is InChI=1S/C16H23N3O3/c1-12-4-6-14(7-5-12)19-9-8-18(16(19)21)10-15(20)17-13(2)11-22-3/h4-7,13H,8-11H2,1-3H3,(H,17,20). The smallest absolute Gasteiger partial charge is 0.325 e. The van der Waals surface area contributed by atoms with Crippen molar-refractivity contribution in [1.29, 1.82) is 0 Å². The van der Waals surface area contributed by atoms with Crippen molar-refractivity contribution in [1.82, 2.24) is 10.2 Å². The second kappa shape index (κ2) is 7.26. The van der Waals surface area contributed by atoms with Crippen LogP contribution in [0.2, 0.25) is 0 Å². The van der Waals surface area contributed by atoms with E-state index in [0.29, 0.717) is 19.7 Å². The molecule has 1 saturated heterocycles. The zero-order valence-corrected chi connectivity index (χ0v) is 13.3. The number of nitrogens with one attached hydrogen (secondary N) is 1. The van der Waals surface area contributed by atoms with E-state index >= 15 is 0 Å². The number of urea groups is 1. The summed E-state index contributed by atoms with van der Waals surface area (Å²) in [6.45, 7) is 5.56. The van der Waals surface area contributed by atoms with E-state index in [2.05, 4.69) is 5.32 Å². The van der Waals surface area contributed by atoms with Gasteiger partial charge in [0.1, 0.15) is 6.54 Å². The summed E-state index contributed by atoms with van der Waals surface area (Å²) < 4.78 is 4.98. The van der Waals surface area contributed by atoms with Crippen molar-refractivity contribution in [3.8, 4) is 0 Å². The number of aryl methyl sites for hydroxylation is 1. The number of rotatable bonds is 6. The highest BCUT2D eigenvalue weighted by atomic mass is 16.5. The van der Waals surface area contributed by atoms with Gasteiger partial charge in [0.05, 0.1) is 6.61 Å². The number of ether oxygens (including phenoxy) is 1. The maximum absolute atomic E-state index is 12.4. The number of methoxy groups -OCH3 is 1. The second-order valence-electron chi connectivity index (χ2n) is 5.62. The highest BCUT2D eigenvalue weighted by molar-refractivity contribution is 5.96.